The van der Waals surface area contributed by atoms with Gasteiger partial charge in [0.15, 0.2) is 0 Å². The highest BCUT2D eigenvalue weighted by molar-refractivity contribution is 5.73. The molecular weight excluding hydrogens is 241 g/mol. The quantitative estimate of drug-likeness (QED) is 0.913. The maximum Gasteiger partial charge on any atom is 0.220 e. The number of hydrogen-bond acceptors (Lipinski definition) is 3. The van der Waals surface area contributed by atoms with Crippen LogP contribution in [-0.2, 0) is 0 Å². The van der Waals surface area contributed by atoms with Gasteiger partial charge in [-0.3, -0.25) is 0 Å². The fraction of sp³-hybridized carbons (Fsp3) is 0.200. The van der Waals surface area contributed by atoms with Crippen LogP contribution in [0.3, 0.4) is 0 Å². The first-order valence-corrected chi connectivity index (χ1v) is 6.08. The number of nitrogens with two attached hydrogens (primary N) is 1. The van der Waals surface area contributed by atoms with Gasteiger partial charge in [0.2, 0.25) is 5.95 Å². The van der Waals surface area contributed by atoms with E-state index in [1.54, 1.807) is 18.2 Å². The highest BCUT2D eigenvalue weighted by Crippen LogP contribution is 2.29. The van der Waals surface area contributed by atoms with E-state index >= 15 is 0 Å². The fourth-order valence-electron chi connectivity index (χ4n) is 1.97. The summed E-state index contributed by atoms with van der Waals surface area (Å²) in [4.78, 5) is 8.53. The Morgan fingerprint density at radius 3 is 2.37 bits per heavy atom. The number of nitrogen functional groups attached to an aromatic ring is 1. The van der Waals surface area contributed by atoms with Crippen LogP contribution in [0, 0.1) is 5.82 Å². The molecule has 1 aromatic heterocycles. The van der Waals surface area contributed by atoms with Crippen molar-refractivity contribution >= 4 is 12.0 Å². The molecule has 0 radical (unpaired) electrons. The molecule has 0 aliphatic heterocycles. The van der Waals surface area contributed by atoms with E-state index in [1.165, 1.54) is 12.1 Å². The summed E-state index contributed by atoms with van der Waals surface area (Å²) >= 11 is 0. The maximum absolute atomic E-state index is 13.0. The third-order valence-electron chi connectivity index (χ3n) is 2.86. The molecule has 0 fully saturated rings. The van der Waals surface area contributed by atoms with Crippen LogP contribution in [-0.4, -0.2) is 9.97 Å². The summed E-state index contributed by atoms with van der Waals surface area (Å²) in [7, 11) is 0. The first-order valence-electron chi connectivity index (χ1n) is 6.08. The molecule has 0 unspecified atom stereocenters. The van der Waals surface area contributed by atoms with E-state index in [9.17, 15) is 4.39 Å². The van der Waals surface area contributed by atoms with E-state index in [1.807, 2.05) is 13.8 Å². The molecule has 1 aromatic carbocycles. The highest BCUT2D eigenvalue weighted by Gasteiger charge is 2.15. The molecule has 0 amide bonds. The van der Waals surface area contributed by atoms with Gasteiger partial charge in [-0.05, 0) is 30.2 Å². The predicted molar refractivity (Wildman–Crippen MR) is 76.0 cm³/mol. The second-order valence-electron chi connectivity index (χ2n) is 4.60. The zero-order chi connectivity index (χ0) is 14.0. The number of aromatic nitrogens is 2. The van der Waals surface area contributed by atoms with Gasteiger partial charge in [-0.15, -0.1) is 0 Å². The van der Waals surface area contributed by atoms with Crippen LogP contribution in [0.15, 0.2) is 30.8 Å². The van der Waals surface area contributed by atoms with Gasteiger partial charge >= 0.3 is 0 Å². The largest absolute Gasteiger partial charge is 0.368 e. The Morgan fingerprint density at radius 1 is 1.21 bits per heavy atom. The molecule has 0 aliphatic rings. The van der Waals surface area contributed by atoms with Crippen molar-refractivity contribution in [1.82, 2.24) is 9.97 Å². The summed E-state index contributed by atoms with van der Waals surface area (Å²) in [6.45, 7) is 7.87. The normalized spacial score (nSPS) is 10.7. The summed E-state index contributed by atoms with van der Waals surface area (Å²) in [5.74, 6) is 0.140. The Hall–Kier alpha value is -2.23. The van der Waals surface area contributed by atoms with Gasteiger partial charge in [0, 0.05) is 11.1 Å². The molecule has 4 heteroatoms. The van der Waals surface area contributed by atoms with Crippen molar-refractivity contribution in [3.05, 3.63) is 47.9 Å². The van der Waals surface area contributed by atoms with E-state index < -0.39 is 0 Å². The van der Waals surface area contributed by atoms with E-state index in [0.29, 0.717) is 5.69 Å². The molecule has 3 nitrogen and oxygen atoms in total. The summed E-state index contributed by atoms with van der Waals surface area (Å²) in [6, 6.07) is 6.15. The number of rotatable bonds is 3. The predicted octanol–water partition coefficient (Wildman–Crippen LogP) is 3.63. The van der Waals surface area contributed by atoms with Crippen LogP contribution >= 0.6 is 0 Å². The van der Waals surface area contributed by atoms with Crippen molar-refractivity contribution < 1.29 is 4.39 Å². The first-order chi connectivity index (χ1) is 9.02. The van der Waals surface area contributed by atoms with Crippen LogP contribution in [0.2, 0.25) is 0 Å². The Bertz CT molecular complexity index is 604. The molecular formula is C15H16FN3. The monoisotopic (exact) mass is 257 g/mol. The van der Waals surface area contributed by atoms with Gasteiger partial charge in [0.1, 0.15) is 5.82 Å². The number of hydrogen-bond donors (Lipinski definition) is 1. The third-order valence-corrected chi connectivity index (χ3v) is 2.86. The van der Waals surface area contributed by atoms with E-state index in [-0.39, 0.29) is 17.7 Å². The van der Waals surface area contributed by atoms with Crippen molar-refractivity contribution in [3.8, 4) is 11.3 Å². The Kier molecular flexibility index (Phi) is 3.60. The second-order valence-corrected chi connectivity index (χ2v) is 4.60. The van der Waals surface area contributed by atoms with Crippen molar-refractivity contribution in [3.63, 3.8) is 0 Å². The lowest BCUT2D eigenvalue weighted by Crippen LogP contribution is -2.06. The summed E-state index contributed by atoms with van der Waals surface area (Å²) in [5.41, 5.74) is 8.93. The molecule has 1 heterocycles. The van der Waals surface area contributed by atoms with Crippen LogP contribution in [0.4, 0.5) is 10.3 Å². The highest BCUT2D eigenvalue weighted by atomic mass is 19.1. The number of benzene rings is 1. The summed E-state index contributed by atoms with van der Waals surface area (Å²) in [5, 5.41) is 0. The van der Waals surface area contributed by atoms with Crippen LogP contribution in [0.5, 0.6) is 0 Å². The molecule has 2 rings (SSSR count). The third kappa shape index (κ3) is 2.62. The van der Waals surface area contributed by atoms with Gasteiger partial charge in [-0.2, -0.15) is 0 Å². The average Bonchev–Trinajstić information content (AvgIpc) is 2.38. The maximum atomic E-state index is 13.0. The number of halogens is 1. The van der Waals surface area contributed by atoms with Crippen molar-refractivity contribution in [2.75, 3.05) is 5.73 Å². The minimum atomic E-state index is -0.282. The van der Waals surface area contributed by atoms with E-state index in [0.717, 1.165) is 16.8 Å². The number of nitrogens with zero attached hydrogens (tertiary/aromatic N) is 2. The standard InChI is InChI=1S/C15H16FN3/c1-4-12-13(9(2)3)18-15(17)19-14(12)10-5-7-11(16)8-6-10/h4-9H,1H2,2-3H3,(H2,17,18,19). The van der Waals surface area contributed by atoms with Crippen molar-refractivity contribution in [2.24, 2.45) is 0 Å². The molecule has 0 spiro atoms. The Morgan fingerprint density at radius 2 is 1.84 bits per heavy atom. The number of anilines is 1. The van der Waals surface area contributed by atoms with Gasteiger partial charge in [-0.25, -0.2) is 14.4 Å². The van der Waals surface area contributed by atoms with Gasteiger partial charge < -0.3 is 5.73 Å². The van der Waals surface area contributed by atoms with Crippen LogP contribution in [0.1, 0.15) is 31.0 Å². The van der Waals surface area contributed by atoms with Crippen LogP contribution < -0.4 is 5.73 Å². The zero-order valence-corrected chi connectivity index (χ0v) is 11.0. The second kappa shape index (κ2) is 5.18. The van der Waals surface area contributed by atoms with Gasteiger partial charge in [-0.1, -0.05) is 26.5 Å². The minimum Gasteiger partial charge on any atom is -0.368 e. The van der Waals surface area contributed by atoms with Crippen LogP contribution in [0.25, 0.3) is 17.3 Å². The Balaban J connectivity index is 2.68. The van der Waals surface area contributed by atoms with E-state index in [4.69, 9.17) is 5.73 Å². The lowest BCUT2D eigenvalue weighted by molar-refractivity contribution is 0.628. The lowest BCUT2D eigenvalue weighted by Gasteiger charge is -2.14. The minimum absolute atomic E-state index is 0.206. The smallest absolute Gasteiger partial charge is 0.220 e. The lowest BCUT2D eigenvalue weighted by atomic mass is 9.98. The SMILES string of the molecule is C=Cc1c(-c2ccc(F)cc2)nc(N)nc1C(C)C. The molecule has 0 aliphatic carbocycles. The Labute approximate surface area is 112 Å². The molecule has 2 N–H and O–H groups in total. The van der Waals surface area contributed by atoms with Crippen molar-refractivity contribution in [1.29, 1.82) is 0 Å². The first kappa shape index (κ1) is 13.2. The summed E-state index contributed by atoms with van der Waals surface area (Å²) in [6.07, 6.45) is 1.72. The molecule has 98 valence electrons. The van der Waals surface area contributed by atoms with Crippen molar-refractivity contribution in [2.45, 2.75) is 19.8 Å². The molecule has 0 saturated heterocycles. The molecule has 0 atom stereocenters. The molecule has 2 aromatic rings. The average molecular weight is 257 g/mol. The van der Waals surface area contributed by atoms with E-state index in [2.05, 4.69) is 16.5 Å². The van der Waals surface area contributed by atoms with Gasteiger partial charge in [0.25, 0.3) is 0 Å². The zero-order valence-electron chi connectivity index (χ0n) is 11.0. The fourth-order valence-corrected chi connectivity index (χ4v) is 1.97. The van der Waals surface area contributed by atoms with Gasteiger partial charge in [0.05, 0.1) is 11.4 Å². The molecule has 0 bridgehead atoms. The topological polar surface area (TPSA) is 51.8 Å². The molecule has 19 heavy (non-hydrogen) atoms. The summed E-state index contributed by atoms with van der Waals surface area (Å²) < 4.78 is 13.0. The molecule has 0 saturated carbocycles.